The summed E-state index contributed by atoms with van der Waals surface area (Å²) in [7, 11) is 0. The smallest absolute Gasteiger partial charge is 0.227 e. The minimum Gasteiger partial charge on any atom is -0.352 e. The lowest BCUT2D eigenvalue weighted by molar-refractivity contribution is -0.134. The summed E-state index contributed by atoms with van der Waals surface area (Å²) in [5.41, 5.74) is 5.70. The molecule has 0 bridgehead atoms. The molecule has 0 aromatic heterocycles. The fourth-order valence-electron chi connectivity index (χ4n) is 1.88. The van der Waals surface area contributed by atoms with Crippen molar-refractivity contribution >= 4 is 11.8 Å². The molecule has 92 valence electrons. The molecule has 0 saturated carbocycles. The lowest BCUT2D eigenvalue weighted by atomic mass is 10.0. The Labute approximate surface area is 96.4 Å². The van der Waals surface area contributed by atoms with E-state index in [1.165, 1.54) is 6.92 Å². The molecule has 1 fully saturated rings. The summed E-state index contributed by atoms with van der Waals surface area (Å²) in [6.07, 6.45) is 0.830. The summed E-state index contributed by atoms with van der Waals surface area (Å²) in [6.45, 7) is 6.49. The largest absolute Gasteiger partial charge is 0.352 e. The van der Waals surface area contributed by atoms with E-state index >= 15 is 0 Å². The zero-order chi connectivity index (χ0) is 12.3. The molecule has 5 nitrogen and oxygen atoms in total. The van der Waals surface area contributed by atoms with Crippen molar-refractivity contribution in [3.63, 3.8) is 0 Å². The van der Waals surface area contributed by atoms with E-state index < -0.39 is 0 Å². The van der Waals surface area contributed by atoms with Crippen molar-refractivity contribution in [1.29, 1.82) is 0 Å². The number of hydrogen-bond donors (Lipinski definition) is 2. The predicted octanol–water partition coefficient (Wildman–Crippen LogP) is -0.293. The van der Waals surface area contributed by atoms with E-state index in [1.54, 1.807) is 4.90 Å². The summed E-state index contributed by atoms with van der Waals surface area (Å²) >= 11 is 0. The number of likely N-dealkylation sites (tertiary alicyclic amines) is 1. The highest BCUT2D eigenvalue weighted by Crippen LogP contribution is 2.14. The Balaban J connectivity index is 2.46. The topological polar surface area (TPSA) is 75.4 Å². The SMILES string of the molecule is CC(=O)NC1CCN(C(=O)C(C)C(C)N)C1. The molecule has 16 heavy (non-hydrogen) atoms. The number of nitrogens with zero attached hydrogens (tertiary/aromatic N) is 1. The van der Waals surface area contributed by atoms with Crippen LogP contribution >= 0.6 is 0 Å². The number of carbonyl (C=O) groups excluding carboxylic acids is 2. The molecule has 5 heteroatoms. The number of hydrogen-bond acceptors (Lipinski definition) is 3. The van der Waals surface area contributed by atoms with Crippen molar-refractivity contribution in [2.24, 2.45) is 11.7 Å². The number of amides is 2. The zero-order valence-electron chi connectivity index (χ0n) is 10.2. The Bertz CT molecular complexity index is 278. The van der Waals surface area contributed by atoms with Gasteiger partial charge in [0, 0.05) is 32.1 Å². The average molecular weight is 227 g/mol. The summed E-state index contributed by atoms with van der Waals surface area (Å²) in [5, 5.41) is 2.83. The average Bonchev–Trinajstić information content (AvgIpc) is 2.62. The molecule has 0 aromatic rings. The van der Waals surface area contributed by atoms with Gasteiger partial charge in [-0.1, -0.05) is 6.92 Å². The second-order valence-electron chi connectivity index (χ2n) is 4.62. The second kappa shape index (κ2) is 5.30. The first kappa shape index (κ1) is 13.0. The quantitative estimate of drug-likeness (QED) is 0.695. The maximum atomic E-state index is 12.0. The lowest BCUT2D eigenvalue weighted by Crippen LogP contribution is -2.42. The van der Waals surface area contributed by atoms with Crippen LogP contribution < -0.4 is 11.1 Å². The highest BCUT2D eigenvalue weighted by molar-refractivity contribution is 5.79. The van der Waals surface area contributed by atoms with Crippen molar-refractivity contribution in [2.45, 2.75) is 39.3 Å². The van der Waals surface area contributed by atoms with Crippen molar-refractivity contribution in [3.8, 4) is 0 Å². The molecule has 0 aromatic carbocycles. The van der Waals surface area contributed by atoms with Gasteiger partial charge in [0.25, 0.3) is 0 Å². The third-order valence-electron chi connectivity index (χ3n) is 3.09. The highest BCUT2D eigenvalue weighted by Gasteiger charge is 2.30. The molecular formula is C11H21N3O2. The fourth-order valence-corrected chi connectivity index (χ4v) is 1.88. The van der Waals surface area contributed by atoms with Crippen LogP contribution in [0.5, 0.6) is 0 Å². The van der Waals surface area contributed by atoms with E-state index in [0.29, 0.717) is 13.1 Å². The van der Waals surface area contributed by atoms with Gasteiger partial charge in [0.1, 0.15) is 0 Å². The minimum absolute atomic E-state index is 0.0421. The van der Waals surface area contributed by atoms with Gasteiger partial charge in [-0.2, -0.15) is 0 Å². The Kier molecular flexibility index (Phi) is 4.29. The van der Waals surface area contributed by atoms with Gasteiger partial charge in [0.2, 0.25) is 11.8 Å². The number of rotatable bonds is 3. The third kappa shape index (κ3) is 3.20. The maximum absolute atomic E-state index is 12.0. The van der Waals surface area contributed by atoms with E-state index in [4.69, 9.17) is 5.73 Å². The van der Waals surface area contributed by atoms with Crippen LogP contribution in [0.25, 0.3) is 0 Å². The summed E-state index contributed by atoms with van der Waals surface area (Å²) in [4.78, 5) is 24.6. The monoisotopic (exact) mass is 227 g/mol. The maximum Gasteiger partial charge on any atom is 0.227 e. The first-order chi connectivity index (χ1) is 7.41. The molecule has 1 saturated heterocycles. The highest BCUT2D eigenvalue weighted by atomic mass is 16.2. The number of nitrogens with two attached hydrogens (primary N) is 1. The number of nitrogens with one attached hydrogen (secondary N) is 1. The van der Waals surface area contributed by atoms with E-state index in [2.05, 4.69) is 5.32 Å². The molecule has 1 aliphatic heterocycles. The molecule has 3 atom stereocenters. The van der Waals surface area contributed by atoms with Crippen LogP contribution in [0.4, 0.5) is 0 Å². The molecule has 3 unspecified atom stereocenters. The Morgan fingerprint density at radius 1 is 1.44 bits per heavy atom. The van der Waals surface area contributed by atoms with E-state index in [1.807, 2.05) is 13.8 Å². The Hall–Kier alpha value is -1.10. The first-order valence-electron chi connectivity index (χ1n) is 5.73. The van der Waals surface area contributed by atoms with Gasteiger partial charge in [-0.25, -0.2) is 0 Å². The molecule has 0 radical (unpaired) electrons. The molecular weight excluding hydrogens is 206 g/mol. The fraction of sp³-hybridized carbons (Fsp3) is 0.818. The van der Waals surface area contributed by atoms with Crippen molar-refractivity contribution in [2.75, 3.05) is 13.1 Å². The van der Waals surface area contributed by atoms with Crippen LogP contribution in [0.15, 0.2) is 0 Å². The van der Waals surface area contributed by atoms with Gasteiger partial charge in [0.15, 0.2) is 0 Å². The van der Waals surface area contributed by atoms with Gasteiger partial charge >= 0.3 is 0 Å². The first-order valence-corrected chi connectivity index (χ1v) is 5.73. The minimum atomic E-state index is -0.156. The molecule has 1 aliphatic rings. The second-order valence-corrected chi connectivity index (χ2v) is 4.62. The van der Waals surface area contributed by atoms with Crippen molar-refractivity contribution in [1.82, 2.24) is 10.2 Å². The van der Waals surface area contributed by atoms with Gasteiger partial charge in [-0.05, 0) is 13.3 Å². The molecule has 0 aliphatic carbocycles. The predicted molar refractivity (Wildman–Crippen MR) is 61.6 cm³/mol. The molecule has 1 heterocycles. The van der Waals surface area contributed by atoms with Crippen LogP contribution in [0.3, 0.4) is 0 Å². The Morgan fingerprint density at radius 3 is 2.56 bits per heavy atom. The van der Waals surface area contributed by atoms with E-state index in [0.717, 1.165) is 6.42 Å². The van der Waals surface area contributed by atoms with Crippen molar-refractivity contribution in [3.05, 3.63) is 0 Å². The summed E-state index contributed by atoms with van der Waals surface area (Å²) < 4.78 is 0. The lowest BCUT2D eigenvalue weighted by Gasteiger charge is -2.23. The number of carbonyl (C=O) groups is 2. The molecule has 3 N–H and O–H groups in total. The summed E-state index contributed by atoms with van der Waals surface area (Å²) in [6, 6.07) is -0.0333. The molecule has 1 rings (SSSR count). The summed E-state index contributed by atoms with van der Waals surface area (Å²) in [5.74, 6) is -0.113. The van der Waals surface area contributed by atoms with E-state index in [9.17, 15) is 9.59 Å². The van der Waals surface area contributed by atoms with Crippen LogP contribution in [0.2, 0.25) is 0 Å². The standard InChI is InChI=1S/C11H21N3O2/c1-7(8(2)12)11(16)14-5-4-10(6-14)13-9(3)15/h7-8,10H,4-6,12H2,1-3H3,(H,13,15). The van der Waals surface area contributed by atoms with Gasteiger partial charge in [0.05, 0.1) is 5.92 Å². The Morgan fingerprint density at radius 2 is 2.06 bits per heavy atom. The van der Waals surface area contributed by atoms with Crippen LogP contribution in [-0.4, -0.2) is 41.9 Å². The molecule has 2 amide bonds. The van der Waals surface area contributed by atoms with Crippen molar-refractivity contribution < 1.29 is 9.59 Å². The van der Waals surface area contributed by atoms with Gasteiger partial charge in [-0.3, -0.25) is 9.59 Å². The van der Waals surface area contributed by atoms with Crippen LogP contribution in [0.1, 0.15) is 27.2 Å². The van der Waals surface area contributed by atoms with Crippen LogP contribution in [-0.2, 0) is 9.59 Å². The van der Waals surface area contributed by atoms with Gasteiger partial charge in [-0.15, -0.1) is 0 Å². The van der Waals surface area contributed by atoms with Gasteiger partial charge < -0.3 is 16.0 Å². The third-order valence-corrected chi connectivity index (χ3v) is 3.09. The molecule has 0 spiro atoms. The van der Waals surface area contributed by atoms with Crippen LogP contribution in [0, 0.1) is 5.92 Å². The normalized spacial score (nSPS) is 24.0. The van der Waals surface area contributed by atoms with E-state index in [-0.39, 0.29) is 29.8 Å². The zero-order valence-corrected chi connectivity index (χ0v) is 10.2.